The third-order valence-electron chi connectivity index (χ3n) is 4.54. The Labute approximate surface area is 179 Å². The Balaban J connectivity index is 1.81. The number of hydrogen-bond donors (Lipinski definition) is 1. The molecule has 0 heterocycles. The minimum absolute atomic E-state index is 0.145. The van der Waals surface area contributed by atoms with Crippen molar-refractivity contribution in [3.63, 3.8) is 0 Å². The van der Waals surface area contributed by atoms with Gasteiger partial charge in [0.2, 0.25) is 15.9 Å². The van der Waals surface area contributed by atoms with Gasteiger partial charge in [-0.15, -0.1) is 0 Å². The van der Waals surface area contributed by atoms with Gasteiger partial charge in [-0.1, -0.05) is 24.3 Å². The molecular formula is C22H30N2O5S. The van der Waals surface area contributed by atoms with Gasteiger partial charge in [0.1, 0.15) is 18.1 Å². The van der Waals surface area contributed by atoms with E-state index in [-0.39, 0.29) is 18.9 Å². The van der Waals surface area contributed by atoms with E-state index in [4.69, 9.17) is 9.47 Å². The van der Waals surface area contributed by atoms with Gasteiger partial charge in [-0.3, -0.25) is 9.10 Å². The molecule has 7 nitrogen and oxygen atoms in total. The molecule has 0 aliphatic rings. The zero-order valence-corrected chi connectivity index (χ0v) is 18.8. The van der Waals surface area contributed by atoms with E-state index in [0.29, 0.717) is 31.0 Å². The Kier molecular flexibility index (Phi) is 8.53. The fourth-order valence-corrected chi connectivity index (χ4v) is 3.96. The van der Waals surface area contributed by atoms with Crippen molar-refractivity contribution in [1.29, 1.82) is 0 Å². The average Bonchev–Trinajstić information content (AvgIpc) is 2.70. The van der Waals surface area contributed by atoms with Crippen LogP contribution in [0.2, 0.25) is 0 Å². The van der Waals surface area contributed by atoms with Crippen molar-refractivity contribution in [2.24, 2.45) is 0 Å². The minimum atomic E-state index is -3.51. The standard InChI is InChI=1S/C22H30N2O5S/c1-17-11-12-18(2)21(16-17)29-15-13-23-22(25)10-7-14-24(30(4,26)27)19-8-5-6-9-20(19)28-3/h5-6,8-9,11-12,16H,7,10,13-15H2,1-4H3,(H,23,25). The van der Waals surface area contributed by atoms with E-state index in [1.165, 1.54) is 11.4 Å². The smallest absolute Gasteiger partial charge is 0.232 e. The summed E-state index contributed by atoms with van der Waals surface area (Å²) in [6, 6.07) is 12.9. The van der Waals surface area contributed by atoms with Gasteiger partial charge in [0.15, 0.2) is 0 Å². The summed E-state index contributed by atoms with van der Waals surface area (Å²) in [5, 5.41) is 2.81. The zero-order chi connectivity index (χ0) is 22.1. The Morgan fingerprint density at radius 3 is 2.53 bits per heavy atom. The lowest BCUT2D eigenvalue weighted by Gasteiger charge is -2.24. The Morgan fingerprint density at radius 2 is 1.83 bits per heavy atom. The first-order chi connectivity index (χ1) is 14.2. The molecule has 0 aromatic heterocycles. The topological polar surface area (TPSA) is 84.9 Å². The van der Waals surface area contributed by atoms with Crippen LogP contribution in [0.1, 0.15) is 24.0 Å². The van der Waals surface area contributed by atoms with Gasteiger partial charge >= 0.3 is 0 Å². The van der Waals surface area contributed by atoms with E-state index < -0.39 is 10.0 Å². The highest BCUT2D eigenvalue weighted by Gasteiger charge is 2.20. The summed E-state index contributed by atoms with van der Waals surface area (Å²) < 4.78 is 36.7. The lowest BCUT2D eigenvalue weighted by Crippen LogP contribution is -2.33. The fraction of sp³-hybridized carbons (Fsp3) is 0.409. The molecule has 1 N–H and O–H groups in total. The maximum absolute atomic E-state index is 12.2. The van der Waals surface area contributed by atoms with Crippen LogP contribution in [0.15, 0.2) is 42.5 Å². The zero-order valence-electron chi connectivity index (χ0n) is 18.0. The molecular weight excluding hydrogens is 404 g/mol. The van der Waals surface area contributed by atoms with Crippen molar-refractivity contribution in [1.82, 2.24) is 5.32 Å². The summed E-state index contributed by atoms with van der Waals surface area (Å²) in [6.07, 6.45) is 1.74. The predicted molar refractivity (Wildman–Crippen MR) is 119 cm³/mol. The summed E-state index contributed by atoms with van der Waals surface area (Å²) in [6.45, 7) is 4.91. The number of benzene rings is 2. The number of aryl methyl sites for hydroxylation is 2. The summed E-state index contributed by atoms with van der Waals surface area (Å²) in [4.78, 5) is 12.1. The molecule has 0 unspecified atom stereocenters. The van der Waals surface area contributed by atoms with Gasteiger partial charge < -0.3 is 14.8 Å². The number of ether oxygens (including phenoxy) is 2. The van der Waals surface area contributed by atoms with Crippen LogP contribution in [0.4, 0.5) is 5.69 Å². The molecule has 2 aromatic rings. The van der Waals surface area contributed by atoms with Crippen LogP contribution in [0.5, 0.6) is 11.5 Å². The number of para-hydroxylation sites is 2. The number of carbonyl (C=O) groups excluding carboxylic acids is 1. The van der Waals surface area contributed by atoms with Gasteiger partial charge in [-0.05, 0) is 49.6 Å². The van der Waals surface area contributed by atoms with E-state index in [1.54, 1.807) is 24.3 Å². The highest BCUT2D eigenvalue weighted by molar-refractivity contribution is 7.92. The van der Waals surface area contributed by atoms with Gasteiger partial charge in [-0.25, -0.2) is 8.42 Å². The normalized spacial score (nSPS) is 11.1. The SMILES string of the molecule is COc1ccccc1N(CCCC(=O)NCCOc1cc(C)ccc1C)S(C)(=O)=O. The fourth-order valence-electron chi connectivity index (χ4n) is 2.99. The van der Waals surface area contributed by atoms with E-state index in [9.17, 15) is 13.2 Å². The van der Waals surface area contributed by atoms with Gasteiger partial charge in [-0.2, -0.15) is 0 Å². The third kappa shape index (κ3) is 6.95. The van der Waals surface area contributed by atoms with E-state index in [1.807, 2.05) is 32.0 Å². The van der Waals surface area contributed by atoms with E-state index >= 15 is 0 Å². The predicted octanol–water partition coefficient (Wildman–Crippen LogP) is 3.05. The summed E-state index contributed by atoms with van der Waals surface area (Å²) in [5.41, 5.74) is 2.62. The summed E-state index contributed by atoms with van der Waals surface area (Å²) in [7, 11) is -2.01. The number of anilines is 1. The van der Waals surface area contributed by atoms with Gasteiger partial charge in [0.05, 0.1) is 25.6 Å². The molecule has 0 atom stereocenters. The van der Waals surface area contributed by atoms with Crippen LogP contribution in [-0.4, -0.2) is 47.4 Å². The molecule has 2 rings (SSSR count). The second-order valence-corrected chi connectivity index (χ2v) is 8.98. The lowest BCUT2D eigenvalue weighted by atomic mass is 10.1. The molecule has 8 heteroatoms. The molecule has 0 spiro atoms. The van der Waals surface area contributed by atoms with E-state index in [2.05, 4.69) is 5.32 Å². The molecule has 0 aliphatic carbocycles. The number of methoxy groups -OCH3 is 1. The molecule has 0 aliphatic heterocycles. The number of rotatable bonds is 11. The monoisotopic (exact) mass is 434 g/mol. The molecule has 0 saturated heterocycles. The van der Waals surface area contributed by atoms with Crippen molar-refractivity contribution >= 4 is 21.6 Å². The molecule has 0 radical (unpaired) electrons. The minimum Gasteiger partial charge on any atom is -0.495 e. The molecule has 0 saturated carbocycles. The van der Waals surface area contributed by atoms with Crippen LogP contribution in [0.25, 0.3) is 0 Å². The number of nitrogens with one attached hydrogen (secondary N) is 1. The Hall–Kier alpha value is -2.74. The van der Waals surface area contributed by atoms with Gasteiger partial charge in [0.25, 0.3) is 0 Å². The number of carbonyl (C=O) groups is 1. The Morgan fingerprint density at radius 1 is 1.10 bits per heavy atom. The first-order valence-electron chi connectivity index (χ1n) is 9.80. The maximum atomic E-state index is 12.2. The van der Waals surface area contributed by atoms with E-state index in [0.717, 1.165) is 23.1 Å². The average molecular weight is 435 g/mol. The first kappa shape index (κ1) is 23.5. The van der Waals surface area contributed by atoms with Crippen molar-refractivity contribution in [2.75, 3.05) is 37.4 Å². The van der Waals surface area contributed by atoms with Crippen molar-refractivity contribution < 1.29 is 22.7 Å². The van der Waals surface area contributed by atoms with Crippen LogP contribution in [0.3, 0.4) is 0 Å². The second-order valence-electron chi connectivity index (χ2n) is 7.08. The van der Waals surface area contributed by atoms with Crippen molar-refractivity contribution in [2.45, 2.75) is 26.7 Å². The Bertz CT molecular complexity index is 960. The molecule has 0 bridgehead atoms. The molecule has 0 fully saturated rings. The largest absolute Gasteiger partial charge is 0.495 e. The second kappa shape index (κ2) is 10.9. The number of sulfonamides is 1. The lowest BCUT2D eigenvalue weighted by molar-refractivity contribution is -0.121. The van der Waals surface area contributed by atoms with Gasteiger partial charge in [0, 0.05) is 13.0 Å². The van der Waals surface area contributed by atoms with Crippen molar-refractivity contribution in [3.05, 3.63) is 53.6 Å². The molecule has 2 aromatic carbocycles. The maximum Gasteiger partial charge on any atom is 0.232 e. The third-order valence-corrected chi connectivity index (χ3v) is 5.72. The molecule has 1 amide bonds. The van der Waals surface area contributed by atoms with Crippen molar-refractivity contribution in [3.8, 4) is 11.5 Å². The highest BCUT2D eigenvalue weighted by Crippen LogP contribution is 2.29. The molecule has 30 heavy (non-hydrogen) atoms. The number of amides is 1. The number of nitrogens with zero attached hydrogens (tertiary/aromatic N) is 1. The number of hydrogen-bond acceptors (Lipinski definition) is 5. The van der Waals surface area contributed by atoms with Crippen LogP contribution < -0.4 is 19.1 Å². The highest BCUT2D eigenvalue weighted by atomic mass is 32.2. The summed E-state index contributed by atoms with van der Waals surface area (Å²) >= 11 is 0. The molecule has 164 valence electrons. The van der Waals surface area contributed by atoms with Crippen LogP contribution in [0, 0.1) is 13.8 Å². The summed E-state index contributed by atoms with van der Waals surface area (Å²) in [5.74, 6) is 1.13. The van der Waals surface area contributed by atoms with Crippen LogP contribution >= 0.6 is 0 Å². The van der Waals surface area contributed by atoms with Crippen LogP contribution in [-0.2, 0) is 14.8 Å². The first-order valence-corrected chi connectivity index (χ1v) is 11.6. The quantitative estimate of drug-likeness (QED) is 0.550.